The number of methoxy groups -OCH3 is 1. The molecule has 22 heavy (non-hydrogen) atoms. The van der Waals surface area contributed by atoms with Crippen LogP contribution in [0.5, 0.6) is 0 Å². The first-order chi connectivity index (χ1) is 10.7. The molecule has 0 aliphatic rings. The number of amides is 1. The minimum atomic E-state index is -0.406. The van der Waals surface area contributed by atoms with Gasteiger partial charge in [-0.2, -0.15) is 5.26 Å². The zero-order chi connectivity index (χ0) is 15.9. The summed E-state index contributed by atoms with van der Waals surface area (Å²) >= 11 is 0. The average molecular weight is 301 g/mol. The minimum absolute atomic E-state index is 0.200. The van der Waals surface area contributed by atoms with Gasteiger partial charge in [-0.3, -0.25) is 4.79 Å². The number of nitrogens with zero attached hydrogens (tertiary/aromatic N) is 2. The van der Waals surface area contributed by atoms with Crippen molar-refractivity contribution in [2.45, 2.75) is 6.42 Å². The van der Waals surface area contributed by atoms with Crippen molar-refractivity contribution < 1.29 is 13.9 Å². The maximum absolute atomic E-state index is 13.4. The molecule has 0 fully saturated rings. The maximum atomic E-state index is 13.4. The first-order valence-electron chi connectivity index (χ1n) is 6.82. The molecule has 0 atom stereocenters. The second-order valence-corrected chi connectivity index (χ2v) is 4.64. The van der Waals surface area contributed by atoms with Gasteiger partial charge in [0, 0.05) is 32.1 Å². The Morgan fingerprint density at radius 2 is 2.27 bits per heavy atom. The molecule has 6 heteroatoms. The summed E-state index contributed by atoms with van der Waals surface area (Å²) in [5.41, 5.74) is 0.933. The predicted molar refractivity (Wildman–Crippen MR) is 79.3 cm³/mol. The Morgan fingerprint density at radius 1 is 1.45 bits per heavy atom. The Hall–Kier alpha value is -2.65. The van der Waals surface area contributed by atoms with Crippen LogP contribution >= 0.6 is 0 Å². The van der Waals surface area contributed by atoms with Gasteiger partial charge in [0.1, 0.15) is 17.6 Å². The van der Waals surface area contributed by atoms with Crippen molar-refractivity contribution in [2.24, 2.45) is 0 Å². The third-order valence-corrected chi connectivity index (χ3v) is 3.12. The van der Waals surface area contributed by atoms with Gasteiger partial charge in [-0.15, -0.1) is 0 Å². The molecular weight excluding hydrogens is 285 g/mol. The summed E-state index contributed by atoms with van der Waals surface area (Å²) in [6.45, 7) is 0.974. The van der Waals surface area contributed by atoms with Crippen LogP contribution in [0.1, 0.15) is 22.5 Å². The van der Waals surface area contributed by atoms with Crippen molar-refractivity contribution in [1.82, 2.24) is 9.88 Å². The van der Waals surface area contributed by atoms with Gasteiger partial charge in [0.15, 0.2) is 0 Å². The van der Waals surface area contributed by atoms with Crippen LogP contribution in [0, 0.1) is 17.1 Å². The van der Waals surface area contributed by atoms with E-state index in [-0.39, 0.29) is 17.2 Å². The van der Waals surface area contributed by atoms with Crippen molar-refractivity contribution in [1.29, 1.82) is 5.26 Å². The van der Waals surface area contributed by atoms with E-state index in [0.717, 1.165) is 0 Å². The summed E-state index contributed by atoms with van der Waals surface area (Å²) in [6.07, 6.45) is 2.25. The number of ether oxygens (including phenoxy) is 1. The molecule has 114 valence electrons. The second kappa shape index (κ2) is 7.38. The highest BCUT2D eigenvalue weighted by Gasteiger charge is 2.18. The Balaban J connectivity index is 2.28. The van der Waals surface area contributed by atoms with Crippen molar-refractivity contribution in [3.05, 3.63) is 53.6 Å². The smallest absolute Gasteiger partial charge is 0.269 e. The van der Waals surface area contributed by atoms with E-state index in [0.29, 0.717) is 25.3 Å². The number of aromatic nitrogens is 1. The molecule has 2 rings (SSSR count). The number of benzene rings is 1. The van der Waals surface area contributed by atoms with Crippen LogP contribution in [-0.4, -0.2) is 30.7 Å². The zero-order valence-electron chi connectivity index (χ0n) is 12.2. The lowest BCUT2D eigenvalue weighted by Crippen LogP contribution is -2.27. The summed E-state index contributed by atoms with van der Waals surface area (Å²) in [4.78, 5) is 12.3. The number of carbonyl (C=O) groups excluding carboxylic acids is 1. The topological polar surface area (TPSA) is 67.0 Å². The molecule has 0 bridgehead atoms. The predicted octanol–water partition coefficient (Wildman–Crippen LogP) is 2.25. The summed E-state index contributed by atoms with van der Waals surface area (Å²) in [6, 6.07) is 9.38. The van der Waals surface area contributed by atoms with E-state index in [1.165, 1.54) is 22.8 Å². The maximum Gasteiger partial charge on any atom is 0.269 e. The van der Waals surface area contributed by atoms with E-state index < -0.39 is 5.82 Å². The Kier molecular flexibility index (Phi) is 5.28. The van der Waals surface area contributed by atoms with Crippen molar-refractivity contribution in [2.75, 3.05) is 20.3 Å². The molecule has 0 aliphatic heterocycles. The molecule has 0 spiro atoms. The molecule has 5 nitrogen and oxygen atoms in total. The zero-order valence-corrected chi connectivity index (χ0v) is 12.2. The van der Waals surface area contributed by atoms with Gasteiger partial charge < -0.3 is 14.6 Å². The lowest BCUT2D eigenvalue weighted by molar-refractivity contribution is 0.0941. The van der Waals surface area contributed by atoms with Gasteiger partial charge in [-0.25, -0.2) is 4.39 Å². The van der Waals surface area contributed by atoms with Gasteiger partial charge in [0.25, 0.3) is 5.91 Å². The van der Waals surface area contributed by atoms with E-state index in [1.807, 2.05) is 6.07 Å². The summed E-state index contributed by atoms with van der Waals surface area (Å²) in [7, 11) is 1.59. The number of nitriles is 1. The normalized spacial score (nSPS) is 10.2. The highest BCUT2D eigenvalue weighted by Crippen LogP contribution is 2.17. The Morgan fingerprint density at radius 3 is 2.95 bits per heavy atom. The highest BCUT2D eigenvalue weighted by molar-refractivity contribution is 5.95. The van der Waals surface area contributed by atoms with E-state index >= 15 is 0 Å². The van der Waals surface area contributed by atoms with Gasteiger partial charge in [0.05, 0.1) is 5.56 Å². The first kappa shape index (κ1) is 15.7. The summed E-state index contributed by atoms with van der Waals surface area (Å²) in [5, 5.41) is 11.9. The average Bonchev–Trinajstić information content (AvgIpc) is 2.95. The number of hydrogen-bond donors (Lipinski definition) is 1. The second-order valence-electron chi connectivity index (χ2n) is 4.64. The fourth-order valence-electron chi connectivity index (χ4n) is 2.10. The van der Waals surface area contributed by atoms with E-state index in [4.69, 9.17) is 10.00 Å². The molecule has 1 aromatic heterocycles. The van der Waals surface area contributed by atoms with Crippen LogP contribution in [0.15, 0.2) is 36.5 Å². The van der Waals surface area contributed by atoms with Crippen molar-refractivity contribution in [3.63, 3.8) is 0 Å². The summed E-state index contributed by atoms with van der Waals surface area (Å²) < 4.78 is 19.8. The third kappa shape index (κ3) is 3.51. The molecule has 2 aromatic rings. The van der Waals surface area contributed by atoms with Crippen LogP contribution in [0.2, 0.25) is 0 Å². The van der Waals surface area contributed by atoms with Crippen LogP contribution < -0.4 is 5.32 Å². The fraction of sp³-hybridized carbons (Fsp3) is 0.250. The minimum Gasteiger partial charge on any atom is -0.385 e. The monoisotopic (exact) mass is 301 g/mol. The van der Waals surface area contributed by atoms with Crippen LogP contribution in [-0.2, 0) is 4.74 Å². The van der Waals surface area contributed by atoms with Crippen molar-refractivity contribution >= 4 is 5.91 Å². The molecule has 0 saturated carbocycles. The number of hydrogen-bond acceptors (Lipinski definition) is 3. The summed E-state index contributed by atoms with van der Waals surface area (Å²) in [5.74, 6) is -0.780. The molecule has 1 heterocycles. The number of halogens is 1. The first-order valence-corrected chi connectivity index (χ1v) is 6.82. The molecule has 0 aliphatic carbocycles. The number of nitrogens with one attached hydrogen (secondary N) is 1. The van der Waals surface area contributed by atoms with Crippen LogP contribution in [0.3, 0.4) is 0 Å². The molecule has 1 N–H and O–H groups in total. The highest BCUT2D eigenvalue weighted by atomic mass is 19.1. The SMILES string of the molecule is COCCCNC(=O)c1c(C#N)ccn1-c1cccc(F)c1. The molecule has 0 radical (unpaired) electrons. The lowest BCUT2D eigenvalue weighted by Gasteiger charge is -2.10. The van der Waals surface area contributed by atoms with Crippen LogP contribution in [0.4, 0.5) is 4.39 Å². The van der Waals surface area contributed by atoms with E-state index in [1.54, 1.807) is 25.4 Å². The third-order valence-electron chi connectivity index (χ3n) is 3.12. The standard InChI is InChI=1S/C16H16FN3O2/c1-22-9-3-7-19-16(21)15-12(11-18)6-8-20(15)14-5-2-4-13(17)10-14/h2,4-6,8,10H,3,7,9H2,1H3,(H,19,21). The molecule has 0 saturated heterocycles. The number of carbonyl (C=O) groups is 1. The Labute approximate surface area is 127 Å². The molecular formula is C16H16FN3O2. The van der Waals surface area contributed by atoms with E-state index in [9.17, 15) is 9.18 Å². The molecule has 1 aromatic carbocycles. The lowest BCUT2D eigenvalue weighted by atomic mass is 10.2. The van der Waals surface area contributed by atoms with Gasteiger partial charge >= 0.3 is 0 Å². The largest absolute Gasteiger partial charge is 0.385 e. The van der Waals surface area contributed by atoms with E-state index in [2.05, 4.69) is 5.32 Å². The van der Waals surface area contributed by atoms with Gasteiger partial charge in [-0.1, -0.05) is 6.07 Å². The molecule has 0 unspecified atom stereocenters. The van der Waals surface area contributed by atoms with Gasteiger partial charge in [0.2, 0.25) is 0 Å². The Bertz CT molecular complexity index is 704. The quantitative estimate of drug-likeness (QED) is 0.832. The molecule has 1 amide bonds. The van der Waals surface area contributed by atoms with Crippen LogP contribution in [0.25, 0.3) is 5.69 Å². The van der Waals surface area contributed by atoms with Gasteiger partial charge in [-0.05, 0) is 30.7 Å². The van der Waals surface area contributed by atoms with Crippen molar-refractivity contribution in [3.8, 4) is 11.8 Å². The fourth-order valence-corrected chi connectivity index (χ4v) is 2.10. The number of rotatable bonds is 6.